The molecule has 0 fully saturated rings. The fraction of sp³-hybridized carbons (Fsp3) is 0.250. The molecule has 0 aliphatic heterocycles. The van der Waals surface area contributed by atoms with E-state index in [1.165, 1.54) is 5.57 Å². The minimum Gasteiger partial charge on any atom is -0.465 e. The first-order valence-corrected chi connectivity index (χ1v) is 7.85. The van der Waals surface area contributed by atoms with E-state index >= 15 is 0 Å². The molecule has 0 saturated carbocycles. The van der Waals surface area contributed by atoms with E-state index in [4.69, 9.17) is 4.42 Å². The highest BCUT2D eigenvalue weighted by atomic mass is 32.1. The molecule has 5 nitrogen and oxygen atoms in total. The number of hydrogen-bond donors (Lipinski definition) is 1. The predicted molar refractivity (Wildman–Crippen MR) is 89.9 cm³/mol. The molecule has 3 rings (SSSR count). The van der Waals surface area contributed by atoms with Crippen molar-refractivity contribution in [3.63, 3.8) is 0 Å². The number of rotatable bonds is 5. The maximum atomic E-state index is 5.31. The first kappa shape index (κ1) is 14.6. The Balaban J connectivity index is 1.69. The molecule has 6 heteroatoms. The van der Waals surface area contributed by atoms with Gasteiger partial charge in [0, 0.05) is 19.8 Å². The normalized spacial score (nSPS) is 11.9. The molecule has 0 aromatic carbocycles. The molecule has 0 aliphatic carbocycles. The summed E-state index contributed by atoms with van der Waals surface area (Å²) in [6.45, 7) is 4.81. The molecule has 0 amide bonds. The predicted octanol–water partition coefficient (Wildman–Crippen LogP) is 3.96. The Labute approximate surface area is 133 Å². The van der Waals surface area contributed by atoms with Crippen molar-refractivity contribution in [1.29, 1.82) is 0 Å². The summed E-state index contributed by atoms with van der Waals surface area (Å²) in [5.41, 5.74) is 3.15. The van der Waals surface area contributed by atoms with E-state index in [2.05, 4.69) is 22.3 Å². The highest BCUT2D eigenvalue weighted by molar-refractivity contribution is 7.19. The quantitative estimate of drug-likeness (QED) is 0.774. The van der Waals surface area contributed by atoms with E-state index < -0.39 is 0 Å². The summed E-state index contributed by atoms with van der Waals surface area (Å²) in [7, 11) is 1.92. The van der Waals surface area contributed by atoms with Gasteiger partial charge in [-0.15, -0.1) is 0 Å². The fourth-order valence-corrected chi connectivity index (χ4v) is 3.06. The van der Waals surface area contributed by atoms with Crippen LogP contribution in [0.5, 0.6) is 0 Å². The van der Waals surface area contributed by atoms with Gasteiger partial charge in [-0.05, 0) is 38.1 Å². The standard InChI is InChI=1S/C16H18N4OS/c1-11(9-13-5-4-8-21-13)10-17-16-18-12(2)15(22-16)14-6-7-20(3)19-14/h4-9H,10H2,1-3H3,(H,17,18). The van der Waals surface area contributed by atoms with Crippen LogP contribution in [-0.4, -0.2) is 21.3 Å². The summed E-state index contributed by atoms with van der Waals surface area (Å²) in [4.78, 5) is 5.68. The zero-order chi connectivity index (χ0) is 15.5. The van der Waals surface area contributed by atoms with Gasteiger partial charge in [0.2, 0.25) is 0 Å². The topological polar surface area (TPSA) is 55.9 Å². The van der Waals surface area contributed by atoms with Crippen molar-refractivity contribution in [2.24, 2.45) is 7.05 Å². The lowest BCUT2D eigenvalue weighted by molar-refractivity contribution is 0.556. The fourth-order valence-electron chi connectivity index (χ4n) is 2.13. The molecular formula is C16H18N4OS. The number of hydrogen-bond acceptors (Lipinski definition) is 5. The Bertz CT molecular complexity index is 783. The first-order chi connectivity index (χ1) is 10.6. The van der Waals surface area contributed by atoms with Crippen LogP contribution < -0.4 is 5.32 Å². The first-order valence-electron chi connectivity index (χ1n) is 7.04. The lowest BCUT2D eigenvalue weighted by Crippen LogP contribution is -2.02. The molecule has 0 atom stereocenters. The van der Waals surface area contributed by atoms with Gasteiger partial charge >= 0.3 is 0 Å². The summed E-state index contributed by atoms with van der Waals surface area (Å²) >= 11 is 1.63. The van der Waals surface area contributed by atoms with Gasteiger partial charge in [-0.2, -0.15) is 5.10 Å². The molecule has 0 unspecified atom stereocenters. The number of furan rings is 1. The molecule has 0 bridgehead atoms. The third kappa shape index (κ3) is 3.28. The number of nitrogens with zero attached hydrogens (tertiary/aromatic N) is 3. The second-order valence-corrected chi connectivity index (χ2v) is 6.17. The number of thiazole rings is 1. The Morgan fingerprint density at radius 2 is 2.32 bits per heavy atom. The Kier molecular flexibility index (Phi) is 4.11. The van der Waals surface area contributed by atoms with Gasteiger partial charge < -0.3 is 9.73 Å². The minimum atomic E-state index is 0.731. The largest absolute Gasteiger partial charge is 0.465 e. The van der Waals surface area contributed by atoms with Crippen LogP contribution in [0, 0.1) is 6.92 Å². The monoisotopic (exact) mass is 314 g/mol. The average molecular weight is 314 g/mol. The number of anilines is 1. The highest BCUT2D eigenvalue weighted by Crippen LogP contribution is 2.31. The molecule has 22 heavy (non-hydrogen) atoms. The maximum absolute atomic E-state index is 5.31. The van der Waals surface area contributed by atoms with Crippen LogP contribution in [0.25, 0.3) is 16.6 Å². The number of aromatic nitrogens is 3. The number of nitrogens with one attached hydrogen (secondary N) is 1. The van der Waals surface area contributed by atoms with Gasteiger partial charge in [0.25, 0.3) is 0 Å². The van der Waals surface area contributed by atoms with Crippen molar-refractivity contribution in [2.75, 3.05) is 11.9 Å². The summed E-state index contributed by atoms with van der Waals surface area (Å²) < 4.78 is 7.12. The molecule has 3 aromatic heterocycles. The number of aryl methyl sites for hydroxylation is 2. The molecule has 114 valence electrons. The summed E-state index contributed by atoms with van der Waals surface area (Å²) in [6.07, 6.45) is 5.64. The van der Waals surface area contributed by atoms with E-state index in [1.807, 2.05) is 44.4 Å². The van der Waals surface area contributed by atoms with Crippen LogP contribution in [0.1, 0.15) is 18.4 Å². The lowest BCUT2D eigenvalue weighted by Gasteiger charge is -2.01. The van der Waals surface area contributed by atoms with Crippen molar-refractivity contribution in [3.05, 3.63) is 47.7 Å². The summed E-state index contributed by atoms with van der Waals surface area (Å²) in [6, 6.07) is 5.83. The second kappa shape index (κ2) is 6.19. The molecule has 0 aliphatic rings. The van der Waals surface area contributed by atoms with Crippen LogP contribution in [-0.2, 0) is 7.05 Å². The van der Waals surface area contributed by atoms with E-state index in [1.54, 1.807) is 22.3 Å². The van der Waals surface area contributed by atoms with Gasteiger partial charge in [0.15, 0.2) is 5.13 Å². The van der Waals surface area contributed by atoms with Crippen LogP contribution in [0.4, 0.5) is 5.13 Å². The highest BCUT2D eigenvalue weighted by Gasteiger charge is 2.11. The SMILES string of the molecule is CC(=Cc1ccco1)CNc1nc(C)c(-c2ccn(C)n2)s1. The third-order valence-corrected chi connectivity index (χ3v) is 4.33. The average Bonchev–Trinajstić information content (AvgIpc) is 3.18. The van der Waals surface area contributed by atoms with Gasteiger partial charge in [0.05, 0.1) is 16.8 Å². The van der Waals surface area contributed by atoms with Crippen LogP contribution >= 0.6 is 11.3 Å². The van der Waals surface area contributed by atoms with Crippen LogP contribution in [0.2, 0.25) is 0 Å². The van der Waals surface area contributed by atoms with Gasteiger partial charge in [-0.25, -0.2) is 4.98 Å². The van der Waals surface area contributed by atoms with Gasteiger partial charge in [-0.3, -0.25) is 4.68 Å². The van der Waals surface area contributed by atoms with Crippen LogP contribution in [0.3, 0.4) is 0 Å². The van der Waals surface area contributed by atoms with E-state index in [0.29, 0.717) is 0 Å². The molecular weight excluding hydrogens is 296 g/mol. The Morgan fingerprint density at radius 3 is 3.00 bits per heavy atom. The summed E-state index contributed by atoms with van der Waals surface area (Å²) in [5.74, 6) is 0.865. The zero-order valence-electron chi connectivity index (χ0n) is 12.8. The summed E-state index contributed by atoms with van der Waals surface area (Å²) in [5, 5.41) is 8.70. The van der Waals surface area contributed by atoms with E-state index in [9.17, 15) is 0 Å². The molecule has 3 aromatic rings. The van der Waals surface area contributed by atoms with Crippen molar-refractivity contribution < 1.29 is 4.42 Å². The Hall–Kier alpha value is -2.34. The van der Waals surface area contributed by atoms with Crippen molar-refractivity contribution in [3.8, 4) is 10.6 Å². The molecule has 0 saturated heterocycles. The minimum absolute atomic E-state index is 0.731. The third-order valence-electron chi connectivity index (χ3n) is 3.19. The second-order valence-electron chi connectivity index (χ2n) is 5.17. The molecule has 0 radical (unpaired) electrons. The molecule has 0 spiro atoms. The lowest BCUT2D eigenvalue weighted by atomic mass is 10.2. The smallest absolute Gasteiger partial charge is 0.183 e. The molecule has 3 heterocycles. The van der Waals surface area contributed by atoms with E-state index in [-0.39, 0.29) is 0 Å². The van der Waals surface area contributed by atoms with Crippen molar-refractivity contribution in [2.45, 2.75) is 13.8 Å². The van der Waals surface area contributed by atoms with Gasteiger partial charge in [0.1, 0.15) is 11.5 Å². The van der Waals surface area contributed by atoms with Crippen molar-refractivity contribution in [1.82, 2.24) is 14.8 Å². The van der Waals surface area contributed by atoms with Gasteiger partial charge in [-0.1, -0.05) is 16.9 Å². The zero-order valence-corrected chi connectivity index (χ0v) is 13.6. The molecule has 1 N–H and O–H groups in total. The van der Waals surface area contributed by atoms with Crippen LogP contribution in [0.15, 0.2) is 40.6 Å². The van der Waals surface area contributed by atoms with Crippen molar-refractivity contribution >= 4 is 22.5 Å². The Morgan fingerprint density at radius 1 is 1.45 bits per heavy atom. The maximum Gasteiger partial charge on any atom is 0.183 e. The van der Waals surface area contributed by atoms with E-state index in [0.717, 1.165) is 33.7 Å².